The number of benzene rings is 1. The van der Waals surface area contributed by atoms with Crippen LogP contribution >= 0.6 is 0 Å². The highest BCUT2D eigenvalue weighted by molar-refractivity contribution is 6.08. The van der Waals surface area contributed by atoms with Crippen LogP contribution in [-0.2, 0) is 6.04 Å². The van der Waals surface area contributed by atoms with Crippen LogP contribution in [0, 0.1) is 0 Å². The van der Waals surface area contributed by atoms with E-state index in [1.807, 2.05) is 6.08 Å². The fraction of sp³-hybridized carbons (Fsp3) is 0.111. The molecule has 0 aromatic heterocycles. The Bertz CT molecular complexity index is 228. The zero-order chi connectivity index (χ0) is 7.40. The Morgan fingerprint density at radius 3 is 2.60 bits per heavy atom. The van der Waals surface area contributed by atoms with Crippen LogP contribution in [0.5, 0.6) is 0 Å². The van der Waals surface area contributed by atoms with Gasteiger partial charge in [0.1, 0.15) is 0 Å². The molecule has 0 N–H and O–H groups in total. The fourth-order valence-electron chi connectivity index (χ4n) is 1.06. The van der Waals surface area contributed by atoms with E-state index in [1.54, 1.807) is 0 Å². The second-order valence-electron chi connectivity index (χ2n) is 2.26. The molecule has 0 aliphatic heterocycles. The van der Waals surface area contributed by atoms with Crippen LogP contribution < -0.4 is 0 Å². The van der Waals surface area contributed by atoms with Crippen molar-refractivity contribution in [1.29, 1.82) is 0 Å². The lowest BCUT2D eigenvalue weighted by Crippen LogP contribution is -1.86. The van der Waals surface area contributed by atoms with Crippen molar-refractivity contribution in [2.45, 2.75) is 6.04 Å². The van der Waals surface area contributed by atoms with Crippen molar-refractivity contribution in [3.8, 4) is 0 Å². The third kappa shape index (κ3) is 1.36. The molecule has 0 unspecified atom stereocenters. The molecule has 0 spiro atoms. The molecule has 0 saturated heterocycles. The summed E-state index contributed by atoms with van der Waals surface area (Å²) in [5.74, 6) is 0. The van der Waals surface area contributed by atoms with Crippen LogP contribution in [0.15, 0.2) is 30.8 Å². The molecule has 0 nitrogen and oxygen atoms in total. The minimum atomic E-state index is 1.22. The minimum absolute atomic E-state index is 1.22. The smallest absolute Gasteiger partial charge is 0.00836 e. The van der Waals surface area contributed by atoms with Gasteiger partial charge in [-0.15, -0.1) is 0 Å². The molecule has 0 amide bonds. The van der Waals surface area contributed by atoms with Gasteiger partial charge in [0.05, 0.1) is 0 Å². The maximum Gasteiger partial charge on any atom is 0.00836 e. The first-order chi connectivity index (χ1) is 4.88. The average Bonchev–Trinajstić information content (AvgIpc) is 2.04. The van der Waals surface area contributed by atoms with Gasteiger partial charge < -0.3 is 0 Å². The van der Waals surface area contributed by atoms with E-state index >= 15 is 0 Å². The predicted octanol–water partition coefficient (Wildman–Crippen LogP) is 1.19. The molecule has 0 fully saturated rings. The third-order valence-corrected chi connectivity index (χ3v) is 2.42. The summed E-state index contributed by atoms with van der Waals surface area (Å²) in [6.45, 7) is 3.75. The quantitative estimate of drug-likeness (QED) is 0.553. The first kappa shape index (κ1) is 7.29. The van der Waals surface area contributed by atoms with Crippen LogP contribution in [0.3, 0.4) is 0 Å². The van der Waals surface area contributed by atoms with Gasteiger partial charge in [0.25, 0.3) is 0 Å². The largest absolute Gasteiger partial charge is 0.0985 e. The molecule has 0 radical (unpaired) electrons. The fourth-order valence-corrected chi connectivity index (χ4v) is 1.70. The highest BCUT2D eigenvalue weighted by Gasteiger charge is 1.91. The molecule has 0 saturated carbocycles. The molecule has 52 valence electrons. The highest BCUT2D eigenvalue weighted by Crippen LogP contribution is 2.08. The Balaban J connectivity index is 3.08. The first-order valence-electron chi connectivity index (χ1n) is 3.58. The van der Waals surface area contributed by atoms with Gasteiger partial charge in [0.15, 0.2) is 0 Å². The number of hydrogen-bond acceptors (Lipinski definition) is 0. The Labute approximate surface area is 65.0 Å². The van der Waals surface area contributed by atoms with E-state index in [0.717, 1.165) is 0 Å². The van der Waals surface area contributed by atoms with Crippen LogP contribution in [0.1, 0.15) is 11.1 Å². The summed E-state index contributed by atoms with van der Waals surface area (Å²) < 4.78 is 0. The van der Waals surface area contributed by atoms with E-state index < -0.39 is 0 Å². The number of hydrogen-bond donors (Lipinski definition) is 0. The van der Waals surface area contributed by atoms with Crippen LogP contribution in [0.2, 0.25) is 0 Å². The summed E-state index contributed by atoms with van der Waals surface area (Å²) in [4.78, 5) is 0. The van der Waals surface area contributed by atoms with Gasteiger partial charge in [-0.2, -0.15) is 0 Å². The molecular weight excluding hydrogens is 136 g/mol. The standard InChI is InChI=1S/C9H12Si/c1-2-8-5-3-4-6-9(8)7-10/h2-6H,1,7H2,10H3. The third-order valence-electron chi connectivity index (χ3n) is 1.66. The van der Waals surface area contributed by atoms with E-state index in [2.05, 4.69) is 30.8 Å². The zero-order valence-corrected chi connectivity index (χ0v) is 8.30. The molecule has 0 aliphatic carbocycles. The monoisotopic (exact) mass is 148 g/mol. The summed E-state index contributed by atoms with van der Waals surface area (Å²) in [6.07, 6.45) is 1.92. The van der Waals surface area contributed by atoms with E-state index in [1.165, 1.54) is 27.4 Å². The van der Waals surface area contributed by atoms with Crippen molar-refractivity contribution in [1.82, 2.24) is 0 Å². The average molecular weight is 148 g/mol. The van der Waals surface area contributed by atoms with Crippen LogP contribution in [0.4, 0.5) is 0 Å². The summed E-state index contributed by atoms with van der Waals surface area (Å²) in [5.41, 5.74) is 2.72. The molecule has 1 aromatic rings. The lowest BCUT2D eigenvalue weighted by Gasteiger charge is -1.99. The Hall–Kier alpha value is -0.823. The highest BCUT2D eigenvalue weighted by atomic mass is 28.1. The SMILES string of the molecule is C=Cc1ccccc1C[SiH3]. The van der Waals surface area contributed by atoms with E-state index in [0.29, 0.717) is 0 Å². The maximum absolute atomic E-state index is 3.75. The van der Waals surface area contributed by atoms with Gasteiger partial charge in [-0.1, -0.05) is 36.9 Å². The van der Waals surface area contributed by atoms with Crippen LogP contribution in [0.25, 0.3) is 6.08 Å². The molecule has 1 heteroatoms. The lowest BCUT2D eigenvalue weighted by molar-refractivity contribution is 1.38. The molecular formula is C9H12Si. The summed E-state index contributed by atoms with van der Waals surface area (Å²) in [6, 6.07) is 9.64. The van der Waals surface area contributed by atoms with Crippen molar-refractivity contribution < 1.29 is 0 Å². The topological polar surface area (TPSA) is 0 Å². The van der Waals surface area contributed by atoms with Gasteiger partial charge in [-0.3, -0.25) is 0 Å². The predicted molar refractivity (Wildman–Crippen MR) is 50.2 cm³/mol. The molecule has 0 aliphatic rings. The van der Waals surface area contributed by atoms with Gasteiger partial charge in [-0.25, -0.2) is 0 Å². The molecule has 1 aromatic carbocycles. The summed E-state index contributed by atoms with van der Waals surface area (Å²) in [7, 11) is 1.23. The zero-order valence-electron chi connectivity index (χ0n) is 6.30. The van der Waals surface area contributed by atoms with Crippen molar-refractivity contribution >= 4 is 16.3 Å². The first-order valence-corrected chi connectivity index (χ1v) is 5.00. The Morgan fingerprint density at radius 1 is 1.40 bits per heavy atom. The summed E-state index contributed by atoms with van der Waals surface area (Å²) >= 11 is 0. The Kier molecular flexibility index (Phi) is 2.46. The van der Waals surface area contributed by atoms with Gasteiger partial charge in [0, 0.05) is 10.2 Å². The molecule has 0 atom stereocenters. The van der Waals surface area contributed by atoms with Crippen molar-refractivity contribution in [3.05, 3.63) is 42.0 Å². The summed E-state index contributed by atoms with van der Waals surface area (Å²) in [5, 5.41) is 0. The molecule has 10 heavy (non-hydrogen) atoms. The van der Waals surface area contributed by atoms with Crippen molar-refractivity contribution in [3.63, 3.8) is 0 Å². The normalized spacial score (nSPS) is 9.60. The second-order valence-corrected chi connectivity index (χ2v) is 2.96. The van der Waals surface area contributed by atoms with E-state index in [-0.39, 0.29) is 0 Å². The van der Waals surface area contributed by atoms with Crippen molar-refractivity contribution in [2.75, 3.05) is 0 Å². The molecule has 1 rings (SSSR count). The van der Waals surface area contributed by atoms with E-state index in [9.17, 15) is 0 Å². The molecule has 0 heterocycles. The van der Waals surface area contributed by atoms with Crippen molar-refractivity contribution in [2.24, 2.45) is 0 Å². The van der Waals surface area contributed by atoms with Gasteiger partial charge >= 0.3 is 0 Å². The van der Waals surface area contributed by atoms with E-state index in [4.69, 9.17) is 0 Å². The maximum atomic E-state index is 3.75. The van der Waals surface area contributed by atoms with Crippen LogP contribution in [-0.4, -0.2) is 10.2 Å². The number of rotatable bonds is 2. The van der Waals surface area contributed by atoms with Gasteiger partial charge in [0.2, 0.25) is 0 Å². The minimum Gasteiger partial charge on any atom is -0.0985 e. The lowest BCUT2D eigenvalue weighted by atomic mass is 10.1. The molecule has 0 bridgehead atoms. The second kappa shape index (κ2) is 3.37. The van der Waals surface area contributed by atoms with Gasteiger partial charge in [-0.05, 0) is 17.2 Å². The Morgan fingerprint density at radius 2 is 2.10 bits per heavy atom.